The van der Waals surface area contributed by atoms with Crippen molar-refractivity contribution in [2.75, 3.05) is 5.32 Å². The van der Waals surface area contributed by atoms with E-state index in [-0.39, 0.29) is 23.8 Å². The van der Waals surface area contributed by atoms with Gasteiger partial charge in [0.15, 0.2) is 17.5 Å². The van der Waals surface area contributed by atoms with Crippen LogP contribution in [-0.4, -0.2) is 37.9 Å². The molecule has 1 aliphatic rings. The quantitative estimate of drug-likeness (QED) is 0.537. The van der Waals surface area contributed by atoms with Gasteiger partial charge in [0, 0.05) is 41.8 Å². The van der Waals surface area contributed by atoms with Gasteiger partial charge >= 0.3 is 0 Å². The van der Waals surface area contributed by atoms with Gasteiger partial charge in [0.1, 0.15) is 5.65 Å². The van der Waals surface area contributed by atoms with E-state index < -0.39 is 5.82 Å². The van der Waals surface area contributed by atoms with E-state index in [1.54, 1.807) is 18.5 Å². The molecule has 0 spiro atoms. The summed E-state index contributed by atoms with van der Waals surface area (Å²) in [6.45, 7) is 1.97. The molecule has 0 bridgehead atoms. The monoisotopic (exact) mass is 430 g/mol. The normalized spacial score (nSPS) is 19.0. The molecule has 3 N–H and O–H groups in total. The van der Waals surface area contributed by atoms with E-state index in [9.17, 15) is 9.18 Å². The van der Waals surface area contributed by atoms with Crippen LogP contribution >= 0.6 is 11.6 Å². The van der Waals surface area contributed by atoms with E-state index >= 15 is 0 Å². The Kier molecular flexibility index (Phi) is 6.13. The van der Waals surface area contributed by atoms with E-state index in [4.69, 9.17) is 11.6 Å². The average Bonchev–Trinajstić information content (AvgIpc) is 3.14. The number of H-pyrrole nitrogens is 1. The van der Waals surface area contributed by atoms with Crippen LogP contribution in [0.3, 0.4) is 0 Å². The lowest BCUT2D eigenvalue weighted by Gasteiger charge is -2.33. The van der Waals surface area contributed by atoms with Gasteiger partial charge in [-0.2, -0.15) is 0 Å². The first-order valence-corrected chi connectivity index (χ1v) is 10.6. The Balaban J connectivity index is 1.59. The number of fused-ring (bicyclic) bond motifs is 1. The molecule has 1 fully saturated rings. The summed E-state index contributed by atoms with van der Waals surface area (Å²) >= 11 is 6.08. The highest BCUT2D eigenvalue weighted by Gasteiger charge is 2.27. The summed E-state index contributed by atoms with van der Waals surface area (Å²) in [5, 5.41) is 7.57. The molecule has 3 aromatic heterocycles. The Morgan fingerprint density at radius 2 is 2.07 bits per heavy atom. The number of rotatable bonds is 6. The minimum atomic E-state index is -0.529. The van der Waals surface area contributed by atoms with Gasteiger partial charge in [0.25, 0.3) is 0 Å². The third kappa shape index (κ3) is 4.38. The molecule has 2 atom stereocenters. The molecule has 0 aliphatic heterocycles. The molecule has 3 heterocycles. The predicted molar refractivity (Wildman–Crippen MR) is 115 cm³/mol. The molecule has 30 heavy (non-hydrogen) atoms. The average molecular weight is 431 g/mol. The van der Waals surface area contributed by atoms with Crippen LogP contribution in [0.2, 0.25) is 5.02 Å². The lowest BCUT2D eigenvalue weighted by Crippen LogP contribution is -2.48. The molecule has 1 aliphatic carbocycles. The minimum absolute atomic E-state index is 0.0308. The van der Waals surface area contributed by atoms with E-state index in [2.05, 4.69) is 30.6 Å². The first kappa shape index (κ1) is 20.5. The van der Waals surface area contributed by atoms with Crippen LogP contribution in [0.4, 0.5) is 10.2 Å². The van der Waals surface area contributed by atoms with Crippen LogP contribution < -0.4 is 10.6 Å². The highest BCUT2D eigenvalue weighted by Crippen LogP contribution is 2.29. The number of halogens is 2. The zero-order valence-corrected chi connectivity index (χ0v) is 17.5. The lowest BCUT2D eigenvalue weighted by molar-refractivity contribution is -0.122. The van der Waals surface area contributed by atoms with Crippen molar-refractivity contribution in [1.82, 2.24) is 25.3 Å². The number of carbonyl (C=O) groups is 1. The zero-order valence-electron chi connectivity index (χ0n) is 16.7. The molecular formula is C21H24ClFN6O. The van der Waals surface area contributed by atoms with Crippen molar-refractivity contribution in [3.63, 3.8) is 0 Å². The van der Waals surface area contributed by atoms with Gasteiger partial charge in [0.2, 0.25) is 5.91 Å². The first-order valence-electron chi connectivity index (χ1n) is 10.3. The maximum absolute atomic E-state index is 14.5. The fraction of sp³-hybridized carbons (Fsp3) is 0.429. The molecule has 1 saturated carbocycles. The van der Waals surface area contributed by atoms with Gasteiger partial charge < -0.3 is 15.6 Å². The smallest absolute Gasteiger partial charge is 0.220 e. The largest absolute Gasteiger partial charge is 0.363 e. The summed E-state index contributed by atoms with van der Waals surface area (Å²) in [5.74, 6) is 0.00440. The Hall–Kier alpha value is -2.74. The van der Waals surface area contributed by atoms with Gasteiger partial charge in [0.05, 0.1) is 11.2 Å². The Morgan fingerprint density at radius 3 is 2.87 bits per heavy atom. The highest BCUT2D eigenvalue weighted by atomic mass is 35.5. The summed E-state index contributed by atoms with van der Waals surface area (Å²) in [6, 6.07) is 1.64. The van der Waals surface area contributed by atoms with E-state index in [0.717, 1.165) is 43.7 Å². The number of carbonyl (C=O) groups excluding carboxylic acids is 1. The SMILES string of the molecule is CCCC(=O)N[C@@H]1CCCCC1Nc1nc(-c2c[nH]c3ncc(Cl)cc23)ncc1F. The maximum atomic E-state index is 14.5. The summed E-state index contributed by atoms with van der Waals surface area (Å²) in [5.41, 5.74) is 1.35. The van der Waals surface area contributed by atoms with Crippen molar-refractivity contribution >= 4 is 34.4 Å². The van der Waals surface area contributed by atoms with Gasteiger partial charge in [-0.05, 0) is 25.3 Å². The van der Waals surface area contributed by atoms with Crippen LogP contribution in [0.15, 0.2) is 24.7 Å². The summed E-state index contributed by atoms with van der Waals surface area (Å²) in [7, 11) is 0. The zero-order chi connectivity index (χ0) is 21.1. The highest BCUT2D eigenvalue weighted by molar-refractivity contribution is 6.31. The second-order valence-corrected chi connectivity index (χ2v) is 8.04. The third-order valence-corrected chi connectivity index (χ3v) is 5.60. The molecule has 9 heteroatoms. The predicted octanol–water partition coefficient (Wildman–Crippen LogP) is 4.45. The molecule has 0 radical (unpaired) electrons. The number of pyridine rings is 1. The lowest BCUT2D eigenvalue weighted by atomic mass is 9.90. The molecule has 1 unspecified atom stereocenters. The van der Waals surface area contributed by atoms with Gasteiger partial charge in [-0.15, -0.1) is 0 Å². The van der Waals surface area contributed by atoms with Crippen molar-refractivity contribution in [2.24, 2.45) is 0 Å². The molecule has 158 valence electrons. The number of nitrogens with one attached hydrogen (secondary N) is 3. The number of anilines is 1. The topological polar surface area (TPSA) is 95.6 Å². The summed E-state index contributed by atoms with van der Waals surface area (Å²) < 4.78 is 14.5. The van der Waals surface area contributed by atoms with Crippen LogP contribution in [0, 0.1) is 5.82 Å². The van der Waals surface area contributed by atoms with Crippen LogP contribution in [-0.2, 0) is 4.79 Å². The number of nitrogens with zero attached hydrogens (tertiary/aromatic N) is 3. The van der Waals surface area contributed by atoms with Crippen molar-refractivity contribution in [1.29, 1.82) is 0 Å². The van der Waals surface area contributed by atoms with Crippen molar-refractivity contribution in [2.45, 2.75) is 57.5 Å². The molecular weight excluding hydrogens is 407 g/mol. The maximum Gasteiger partial charge on any atom is 0.220 e. The molecule has 3 aromatic rings. The Labute approximate surface area is 178 Å². The van der Waals surface area contributed by atoms with Crippen LogP contribution in [0.5, 0.6) is 0 Å². The second kappa shape index (κ2) is 8.95. The van der Waals surface area contributed by atoms with Gasteiger partial charge in [-0.3, -0.25) is 4.79 Å². The van der Waals surface area contributed by atoms with Crippen LogP contribution in [0.1, 0.15) is 45.4 Å². The van der Waals surface area contributed by atoms with Gasteiger partial charge in [-0.25, -0.2) is 19.3 Å². The molecule has 4 rings (SSSR count). The fourth-order valence-electron chi connectivity index (χ4n) is 3.92. The standard InChI is InChI=1S/C21H24ClFN6O/c1-2-5-18(30)27-16-6-3-4-7-17(16)28-21-15(23)11-26-20(29-21)14-10-25-19-13(14)8-12(22)9-24-19/h8-11,16-17H,2-7H2,1H3,(H,24,25)(H,27,30)(H,26,28,29)/t16-,17?/m1/s1. The molecule has 1 amide bonds. The van der Waals surface area contributed by atoms with E-state index in [1.165, 1.54) is 0 Å². The van der Waals surface area contributed by atoms with E-state index in [1.807, 2.05) is 6.92 Å². The Morgan fingerprint density at radius 1 is 1.27 bits per heavy atom. The number of hydrogen-bond donors (Lipinski definition) is 3. The van der Waals surface area contributed by atoms with Crippen molar-refractivity contribution < 1.29 is 9.18 Å². The number of aromatic nitrogens is 4. The minimum Gasteiger partial charge on any atom is -0.363 e. The van der Waals surface area contributed by atoms with Crippen molar-refractivity contribution in [3.8, 4) is 11.4 Å². The van der Waals surface area contributed by atoms with E-state index in [0.29, 0.717) is 28.5 Å². The molecule has 7 nitrogen and oxygen atoms in total. The fourth-order valence-corrected chi connectivity index (χ4v) is 4.08. The molecule has 0 saturated heterocycles. The van der Waals surface area contributed by atoms with Crippen LogP contribution in [0.25, 0.3) is 22.4 Å². The summed E-state index contributed by atoms with van der Waals surface area (Å²) in [6.07, 6.45) is 9.49. The number of amides is 1. The second-order valence-electron chi connectivity index (χ2n) is 7.60. The molecule has 0 aromatic carbocycles. The Bertz CT molecular complexity index is 1060. The number of hydrogen-bond acceptors (Lipinski definition) is 5. The third-order valence-electron chi connectivity index (χ3n) is 5.39. The van der Waals surface area contributed by atoms with Crippen molar-refractivity contribution in [3.05, 3.63) is 35.5 Å². The number of aromatic amines is 1. The van der Waals surface area contributed by atoms with Gasteiger partial charge in [-0.1, -0.05) is 31.4 Å². The summed E-state index contributed by atoms with van der Waals surface area (Å²) in [4.78, 5) is 28.0. The first-order chi connectivity index (χ1) is 14.5.